The average molecular weight is 297 g/mol. The maximum Gasteiger partial charge on any atom is 0.327 e. The molecule has 1 saturated heterocycles. The topological polar surface area (TPSA) is 76.1 Å². The van der Waals surface area contributed by atoms with Gasteiger partial charge in [0.1, 0.15) is 6.04 Å². The van der Waals surface area contributed by atoms with Crippen LogP contribution in [0.25, 0.3) is 0 Å². The summed E-state index contributed by atoms with van der Waals surface area (Å²) in [4.78, 5) is 24.9. The van der Waals surface area contributed by atoms with Crippen LogP contribution in [0.4, 0.5) is 0 Å². The van der Waals surface area contributed by atoms with Crippen LogP contribution in [0, 0.1) is 0 Å². The Balaban J connectivity index is 2.27. The van der Waals surface area contributed by atoms with Crippen molar-refractivity contribution in [1.29, 1.82) is 0 Å². The monoisotopic (exact) mass is 297 g/mol. The Bertz CT molecular complexity index is 533. The van der Waals surface area contributed by atoms with E-state index in [1.54, 1.807) is 18.2 Å². The van der Waals surface area contributed by atoms with Crippen LogP contribution < -0.4 is 9.47 Å². The molecule has 1 fully saturated rings. The Hall–Kier alpha value is -1.89. The van der Waals surface area contributed by atoms with Gasteiger partial charge in [0, 0.05) is 11.3 Å². The molecule has 1 aromatic rings. The molecule has 0 saturated carbocycles. The molecule has 0 spiro atoms. The van der Waals surface area contributed by atoms with E-state index in [2.05, 4.69) is 0 Å². The largest absolute Gasteiger partial charge is 0.493 e. The van der Waals surface area contributed by atoms with E-state index in [4.69, 9.17) is 14.6 Å². The number of amides is 1. The number of carboxylic acid groups (broad SMARTS) is 1. The van der Waals surface area contributed by atoms with Crippen LogP contribution in [0.2, 0.25) is 0 Å². The van der Waals surface area contributed by atoms with Gasteiger partial charge in [-0.05, 0) is 18.2 Å². The van der Waals surface area contributed by atoms with Crippen molar-refractivity contribution in [2.24, 2.45) is 0 Å². The van der Waals surface area contributed by atoms with Crippen LogP contribution in [0.5, 0.6) is 11.5 Å². The van der Waals surface area contributed by atoms with E-state index in [1.807, 2.05) is 0 Å². The number of carbonyl (C=O) groups is 2. The predicted octanol–water partition coefficient (Wildman–Crippen LogP) is 1.30. The Labute approximate surface area is 120 Å². The van der Waals surface area contributed by atoms with E-state index < -0.39 is 12.0 Å². The van der Waals surface area contributed by atoms with Gasteiger partial charge in [-0.3, -0.25) is 4.79 Å². The summed E-state index contributed by atoms with van der Waals surface area (Å²) in [5.41, 5.74) is 0.386. The molecule has 1 N–H and O–H groups in total. The maximum atomic E-state index is 12.4. The minimum atomic E-state index is -0.983. The summed E-state index contributed by atoms with van der Waals surface area (Å²) >= 11 is 1.43. The summed E-state index contributed by atoms with van der Waals surface area (Å²) in [7, 11) is 2.99. The summed E-state index contributed by atoms with van der Waals surface area (Å²) in [6, 6.07) is 4.01. The first-order chi connectivity index (χ1) is 9.58. The number of benzene rings is 1. The number of nitrogens with zero attached hydrogens (tertiary/aromatic N) is 1. The molecule has 0 aromatic heterocycles. The molecule has 2 rings (SSSR count). The van der Waals surface area contributed by atoms with Crippen molar-refractivity contribution in [2.45, 2.75) is 6.04 Å². The number of thioether (sulfide) groups is 1. The fourth-order valence-corrected chi connectivity index (χ4v) is 3.13. The van der Waals surface area contributed by atoms with Gasteiger partial charge in [-0.2, -0.15) is 0 Å². The Morgan fingerprint density at radius 1 is 1.30 bits per heavy atom. The molecule has 1 aromatic carbocycles. The second-order valence-electron chi connectivity index (χ2n) is 4.20. The highest BCUT2D eigenvalue weighted by molar-refractivity contribution is 7.99. The zero-order valence-electron chi connectivity index (χ0n) is 11.2. The molecule has 1 heterocycles. The second-order valence-corrected chi connectivity index (χ2v) is 5.20. The number of hydrogen-bond donors (Lipinski definition) is 1. The van der Waals surface area contributed by atoms with Gasteiger partial charge < -0.3 is 19.5 Å². The zero-order chi connectivity index (χ0) is 14.7. The lowest BCUT2D eigenvalue weighted by atomic mass is 10.1. The van der Waals surface area contributed by atoms with E-state index in [-0.39, 0.29) is 5.91 Å². The summed E-state index contributed by atoms with van der Waals surface area (Å²) < 4.78 is 10.3. The number of ether oxygens (including phenoxy) is 2. The van der Waals surface area contributed by atoms with E-state index in [1.165, 1.54) is 30.9 Å². The van der Waals surface area contributed by atoms with Crippen molar-refractivity contribution >= 4 is 23.6 Å². The van der Waals surface area contributed by atoms with Crippen molar-refractivity contribution in [2.75, 3.05) is 25.8 Å². The van der Waals surface area contributed by atoms with Crippen molar-refractivity contribution in [1.82, 2.24) is 4.90 Å². The normalized spacial score (nSPS) is 17.9. The van der Waals surface area contributed by atoms with Crippen LogP contribution in [-0.2, 0) is 4.79 Å². The SMILES string of the molecule is COc1ccc(C(=O)N2CSC[C@H]2C(=O)O)cc1OC. The Morgan fingerprint density at radius 2 is 2.00 bits per heavy atom. The molecule has 1 aliphatic rings. The highest BCUT2D eigenvalue weighted by Crippen LogP contribution is 2.30. The van der Waals surface area contributed by atoms with Gasteiger partial charge >= 0.3 is 5.97 Å². The van der Waals surface area contributed by atoms with Crippen LogP contribution >= 0.6 is 11.8 Å². The van der Waals surface area contributed by atoms with Crippen LogP contribution in [-0.4, -0.2) is 53.8 Å². The summed E-state index contributed by atoms with van der Waals surface area (Å²) in [5, 5.41) is 9.11. The smallest absolute Gasteiger partial charge is 0.327 e. The molecule has 1 atom stereocenters. The molecule has 108 valence electrons. The molecule has 1 aliphatic heterocycles. The van der Waals surface area contributed by atoms with Gasteiger partial charge in [-0.1, -0.05) is 0 Å². The molecule has 6 nitrogen and oxygen atoms in total. The lowest BCUT2D eigenvalue weighted by Gasteiger charge is -2.21. The molecule has 20 heavy (non-hydrogen) atoms. The number of carbonyl (C=O) groups excluding carboxylic acids is 1. The molecule has 7 heteroatoms. The minimum absolute atomic E-state index is 0.316. The zero-order valence-corrected chi connectivity index (χ0v) is 12.0. The molecule has 0 radical (unpaired) electrons. The molecule has 0 unspecified atom stereocenters. The number of carboxylic acids is 1. The summed E-state index contributed by atoms with van der Waals surface area (Å²) in [5.74, 6) is 0.456. The predicted molar refractivity (Wildman–Crippen MR) is 74.5 cm³/mol. The van der Waals surface area contributed by atoms with Crippen molar-refractivity contribution < 1.29 is 24.2 Å². The number of rotatable bonds is 4. The minimum Gasteiger partial charge on any atom is -0.493 e. The highest BCUT2D eigenvalue weighted by Gasteiger charge is 2.35. The number of hydrogen-bond acceptors (Lipinski definition) is 5. The fourth-order valence-electron chi connectivity index (χ4n) is 1.98. The second kappa shape index (κ2) is 6.04. The molecule has 0 aliphatic carbocycles. The van der Waals surface area contributed by atoms with Crippen LogP contribution in [0.1, 0.15) is 10.4 Å². The maximum absolute atomic E-state index is 12.4. The first kappa shape index (κ1) is 14.5. The van der Waals surface area contributed by atoms with Crippen LogP contribution in [0.15, 0.2) is 18.2 Å². The van der Waals surface area contributed by atoms with E-state index in [9.17, 15) is 9.59 Å². The van der Waals surface area contributed by atoms with Gasteiger partial charge in [0.25, 0.3) is 5.91 Å². The van der Waals surface area contributed by atoms with Gasteiger partial charge in [0.05, 0.1) is 20.1 Å². The van der Waals surface area contributed by atoms with E-state index >= 15 is 0 Å². The number of methoxy groups -OCH3 is 2. The third-order valence-corrected chi connectivity index (χ3v) is 4.07. The lowest BCUT2D eigenvalue weighted by molar-refractivity contribution is -0.140. The van der Waals surface area contributed by atoms with E-state index in [0.717, 1.165) is 0 Å². The quantitative estimate of drug-likeness (QED) is 0.903. The van der Waals surface area contributed by atoms with Crippen molar-refractivity contribution in [3.05, 3.63) is 23.8 Å². The molecule has 1 amide bonds. The Kier molecular flexibility index (Phi) is 4.39. The Morgan fingerprint density at radius 3 is 2.60 bits per heavy atom. The summed E-state index contributed by atoms with van der Waals surface area (Å²) in [6.45, 7) is 0. The summed E-state index contributed by atoms with van der Waals surface area (Å²) in [6.07, 6.45) is 0. The van der Waals surface area contributed by atoms with Crippen LogP contribution in [0.3, 0.4) is 0 Å². The lowest BCUT2D eigenvalue weighted by Crippen LogP contribution is -2.41. The van der Waals surface area contributed by atoms with Gasteiger partial charge in [-0.25, -0.2) is 4.79 Å². The van der Waals surface area contributed by atoms with E-state index in [0.29, 0.717) is 28.7 Å². The highest BCUT2D eigenvalue weighted by atomic mass is 32.2. The van der Waals surface area contributed by atoms with Gasteiger partial charge in [0.2, 0.25) is 0 Å². The average Bonchev–Trinajstić information content (AvgIpc) is 2.95. The third-order valence-electron chi connectivity index (χ3n) is 3.06. The molecule has 0 bridgehead atoms. The first-order valence-corrected chi connectivity index (χ1v) is 7.07. The van der Waals surface area contributed by atoms with Gasteiger partial charge in [0.15, 0.2) is 11.5 Å². The first-order valence-electron chi connectivity index (χ1n) is 5.92. The third kappa shape index (κ3) is 2.67. The van der Waals surface area contributed by atoms with Crippen molar-refractivity contribution in [3.8, 4) is 11.5 Å². The fraction of sp³-hybridized carbons (Fsp3) is 0.385. The standard InChI is InChI=1S/C13H15NO5S/c1-18-10-4-3-8(5-11(10)19-2)12(15)14-7-20-6-9(14)13(16)17/h3-5,9H,6-7H2,1-2H3,(H,16,17)/t9-/m0/s1. The van der Waals surface area contributed by atoms with Crippen molar-refractivity contribution in [3.63, 3.8) is 0 Å². The molecular formula is C13H15NO5S. The molecular weight excluding hydrogens is 282 g/mol. The van der Waals surface area contributed by atoms with Gasteiger partial charge in [-0.15, -0.1) is 11.8 Å². The number of aliphatic carboxylic acids is 1.